The third-order valence-corrected chi connectivity index (χ3v) is 3.69. The van der Waals surface area contributed by atoms with Gasteiger partial charge in [0.2, 0.25) is 0 Å². The highest BCUT2D eigenvalue weighted by Crippen LogP contribution is 2.25. The summed E-state index contributed by atoms with van der Waals surface area (Å²) in [5, 5.41) is 4.61. The molecule has 0 unspecified atom stereocenters. The van der Waals surface area contributed by atoms with Crippen LogP contribution in [0.25, 0.3) is 0 Å². The van der Waals surface area contributed by atoms with Crippen LogP contribution in [-0.4, -0.2) is 13.0 Å². The lowest BCUT2D eigenvalue weighted by atomic mass is 10.2. The van der Waals surface area contributed by atoms with Crippen molar-refractivity contribution in [2.24, 2.45) is 0 Å². The first-order valence-corrected chi connectivity index (χ1v) is 6.56. The van der Waals surface area contributed by atoms with Crippen molar-refractivity contribution in [2.45, 2.75) is 0 Å². The van der Waals surface area contributed by atoms with E-state index in [0.29, 0.717) is 17.0 Å². The molecule has 0 fully saturated rings. The van der Waals surface area contributed by atoms with Crippen molar-refractivity contribution in [3.63, 3.8) is 0 Å². The molecule has 2 aromatic rings. The molecule has 3 nitrogen and oxygen atoms in total. The first-order chi connectivity index (χ1) is 8.20. The van der Waals surface area contributed by atoms with Gasteiger partial charge in [-0.2, -0.15) is 0 Å². The van der Waals surface area contributed by atoms with Crippen LogP contribution < -0.4 is 10.1 Å². The summed E-state index contributed by atoms with van der Waals surface area (Å²) in [5.41, 5.74) is 1.30. The Hall–Kier alpha value is -1.33. The number of methoxy groups -OCH3 is 1. The van der Waals surface area contributed by atoms with Crippen molar-refractivity contribution in [3.05, 3.63) is 45.1 Å². The second kappa shape index (κ2) is 5.33. The molecule has 0 saturated heterocycles. The summed E-state index contributed by atoms with van der Waals surface area (Å²) < 4.78 is 6.10. The molecular formula is C12H10BrNO2S. The standard InChI is InChI=1S/C12H10BrNO2S/c1-16-10-5-3-2-4-9(10)14-12(15)8-6-11(13)17-7-8/h2-7H,1H3,(H,14,15). The highest BCUT2D eigenvalue weighted by atomic mass is 79.9. The van der Waals surface area contributed by atoms with E-state index in [0.717, 1.165) is 3.79 Å². The van der Waals surface area contributed by atoms with Gasteiger partial charge in [-0.15, -0.1) is 11.3 Å². The number of para-hydroxylation sites is 2. The van der Waals surface area contributed by atoms with Crippen LogP contribution in [0.2, 0.25) is 0 Å². The van der Waals surface area contributed by atoms with Crippen molar-refractivity contribution in [1.29, 1.82) is 0 Å². The lowest BCUT2D eigenvalue weighted by Crippen LogP contribution is -2.11. The average Bonchev–Trinajstić information content (AvgIpc) is 2.77. The molecule has 1 aromatic heterocycles. The molecule has 0 spiro atoms. The third kappa shape index (κ3) is 2.87. The molecule has 0 aliphatic rings. The number of benzene rings is 1. The maximum atomic E-state index is 11.9. The zero-order valence-electron chi connectivity index (χ0n) is 9.07. The Labute approximate surface area is 112 Å². The van der Waals surface area contributed by atoms with Crippen LogP contribution in [0, 0.1) is 0 Å². The van der Waals surface area contributed by atoms with Gasteiger partial charge in [0.15, 0.2) is 0 Å². The fraction of sp³-hybridized carbons (Fsp3) is 0.0833. The molecule has 0 bridgehead atoms. The van der Waals surface area contributed by atoms with Gasteiger partial charge < -0.3 is 10.1 Å². The van der Waals surface area contributed by atoms with Crippen molar-refractivity contribution in [1.82, 2.24) is 0 Å². The van der Waals surface area contributed by atoms with Gasteiger partial charge in [-0.3, -0.25) is 4.79 Å². The molecular weight excluding hydrogens is 302 g/mol. The Morgan fingerprint density at radius 3 is 2.82 bits per heavy atom. The molecule has 2 rings (SSSR count). The summed E-state index contributed by atoms with van der Waals surface area (Å²) in [7, 11) is 1.58. The number of ether oxygens (including phenoxy) is 1. The van der Waals surface area contributed by atoms with Crippen molar-refractivity contribution < 1.29 is 9.53 Å². The molecule has 0 aliphatic carbocycles. The zero-order valence-corrected chi connectivity index (χ0v) is 11.5. The second-order valence-corrected chi connectivity index (χ2v) is 5.58. The van der Waals surface area contributed by atoms with E-state index in [9.17, 15) is 4.79 Å². The number of halogens is 1. The number of nitrogens with one attached hydrogen (secondary N) is 1. The van der Waals surface area contributed by atoms with Crippen LogP contribution >= 0.6 is 27.3 Å². The number of anilines is 1. The molecule has 1 heterocycles. The molecule has 1 N–H and O–H groups in total. The molecule has 0 atom stereocenters. The lowest BCUT2D eigenvalue weighted by Gasteiger charge is -2.08. The Bertz CT molecular complexity index is 539. The number of carbonyl (C=O) groups excluding carboxylic acids is 1. The molecule has 17 heavy (non-hydrogen) atoms. The SMILES string of the molecule is COc1ccccc1NC(=O)c1csc(Br)c1. The van der Waals surface area contributed by atoms with E-state index in [1.165, 1.54) is 11.3 Å². The summed E-state index contributed by atoms with van der Waals surface area (Å²) >= 11 is 4.81. The van der Waals surface area contributed by atoms with Crippen LogP contribution in [0.1, 0.15) is 10.4 Å². The highest BCUT2D eigenvalue weighted by molar-refractivity contribution is 9.11. The van der Waals surface area contributed by atoms with Gasteiger partial charge in [0.05, 0.1) is 22.1 Å². The van der Waals surface area contributed by atoms with Gasteiger partial charge in [-0.05, 0) is 34.1 Å². The maximum Gasteiger partial charge on any atom is 0.256 e. The predicted octanol–water partition coefficient (Wildman–Crippen LogP) is 3.77. The van der Waals surface area contributed by atoms with Crippen molar-refractivity contribution in [2.75, 3.05) is 12.4 Å². The summed E-state index contributed by atoms with van der Waals surface area (Å²) in [5.74, 6) is 0.506. The number of hydrogen-bond acceptors (Lipinski definition) is 3. The largest absolute Gasteiger partial charge is 0.495 e. The van der Waals surface area contributed by atoms with Crippen LogP contribution in [0.15, 0.2) is 39.5 Å². The average molecular weight is 312 g/mol. The fourth-order valence-corrected chi connectivity index (χ4v) is 2.51. The van der Waals surface area contributed by atoms with Gasteiger partial charge in [-0.25, -0.2) is 0 Å². The number of carbonyl (C=O) groups is 1. The van der Waals surface area contributed by atoms with E-state index < -0.39 is 0 Å². The van der Waals surface area contributed by atoms with Crippen LogP contribution in [-0.2, 0) is 0 Å². The number of amides is 1. The predicted molar refractivity (Wildman–Crippen MR) is 73.0 cm³/mol. The van der Waals surface area contributed by atoms with Gasteiger partial charge in [0.25, 0.3) is 5.91 Å². The minimum absolute atomic E-state index is 0.142. The number of thiophene rings is 1. The molecule has 0 saturated carbocycles. The summed E-state index contributed by atoms with van der Waals surface area (Å²) in [6, 6.07) is 9.10. The van der Waals surface area contributed by atoms with E-state index in [1.54, 1.807) is 30.7 Å². The summed E-state index contributed by atoms with van der Waals surface area (Å²) in [6.45, 7) is 0. The third-order valence-electron chi connectivity index (χ3n) is 2.18. The van der Waals surface area contributed by atoms with Gasteiger partial charge >= 0.3 is 0 Å². The lowest BCUT2D eigenvalue weighted by molar-refractivity contribution is 0.102. The van der Waals surface area contributed by atoms with E-state index in [-0.39, 0.29) is 5.91 Å². The highest BCUT2D eigenvalue weighted by Gasteiger charge is 2.10. The Kier molecular flexibility index (Phi) is 3.81. The minimum atomic E-state index is -0.142. The fourth-order valence-electron chi connectivity index (χ4n) is 1.37. The number of hydrogen-bond donors (Lipinski definition) is 1. The first kappa shape index (κ1) is 12.1. The van der Waals surface area contributed by atoms with E-state index in [4.69, 9.17) is 4.74 Å². The first-order valence-electron chi connectivity index (χ1n) is 4.89. The summed E-state index contributed by atoms with van der Waals surface area (Å²) in [4.78, 5) is 11.9. The molecule has 1 amide bonds. The quantitative estimate of drug-likeness (QED) is 0.937. The summed E-state index contributed by atoms with van der Waals surface area (Å²) in [6.07, 6.45) is 0. The monoisotopic (exact) mass is 311 g/mol. The Morgan fingerprint density at radius 2 is 2.18 bits per heavy atom. The van der Waals surface area contributed by atoms with E-state index >= 15 is 0 Å². The van der Waals surface area contributed by atoms with Crippen LogP contribution in [0.4, 0.5) is 5.69 Å². The Balaban J connectivity index is 2.18. The smallest absolute Gasteiger partial charge is 0.256 e. The number of rotatable bonds is 3. The minimum Gasteiger partial charge on any atom is -0.495 e. The molecule has 5 heteroatoms. The van der Waals surface area contributed by atoms with Crippen molar-refractivity contribution in [3.8, 4) is 5.75 Å². The zero-order chi connectivity index (χ0) is 12.3. The van der Waals surface area contributed by atoms with Crippen LogP contribution in [0.3, 0.4) is 0 Å². The van der Waals surface area contributed by atoms with Crippen LogP contribution in [0.5, 0.6) is 5.75 Å². The topological polar surface area (TPSA) is 38.3 Å². The maximum absolute atomic E-state index is 11.9. The molecule has 88 valence electrons. The molecule has 0 radical (unpaired) electrons. The Morgan fingerprint density at radius 1 is 1.41 bits per heavy atom. The molecule has 1 aromatic carbocycles. The normalized spacial score (nSPS) is 10.0. The van der Waals surface area contributed by atoms with Crippen molar-refractivity contribution >= 4 is 38.9 Å². The van der Waals surface area contributed by atoms with Gasteiger partial charge in [0.1, 0.15) is 5.75 Å². The van der Waals surface area contributed by atoms with E-state index in [1.807, 2.05) is 12.1 Å². The van der Waals surface area contributed by atoms with E-state index in [2.05, 4.69) is 21.2 Å². The van der Waals surface area contributed by atoms with Gasteiger partial charge in [-0.1, -0.05) is 12.1 Å². The van der Waals surface area contributed by atoms with Gasteiger partial charge in [0, 0.05) is 5.38 Å². The molecule has 0 aliphatic heterocycles. The second-order valence-electron chi connectivity index (χ2n) is 3.29.